The van der Waals surface area contributed by atoms with Crippen LogP contribution in [0.2, 0.25) is 0 Å². The Morgan fingerprint density at radius 2 is 2.37 bits per heavy atom. The first-order chi connectivity index (χ1) is 9.29. The standard InChI is InChI=1S/C15H22N2O2/c18-9-3-5-12-4-1-7-14(10-12)17-15(19)13-6-2-8-16-11-13/h1,4,7,10,13,16,18H,2-3,5-6,8-9,11H2,(H,17,19). The zero-order valence-electron chi connectivity index (χ0n) is 11.2. The Morgan fingerprint density at radius 3 is 3.11 bits per heavy atom. The van der Waals surface area contributed by atoms with Gasteiger partial charge in [-0.2, -0.15) is 0 Å². The molecule has 1 aliphatic rings. The lowest BCUT2D eigenvalue weighted by Crippen LogP contribution is -2.37. The topological polar surface area (TPSA) is 61.4 Å². The number of aliphatic hydroxyl groups excluding tert-OH is 1. The van der Waals surface area contributed by atoms with E-state index in [0.717, 1.165) is 50.0 Å². The molecule has 1 heterocycles. The van der Waals surface area contributed by atoms with Crippen molar-refractivity contribution >= 4 is 11.6 Å². The van der Waals surface area contributed by atoms with Crippen LogP contribution in [0.1, 0.15) is 24.8 Å². The molecule has 0 aromatic heterocycles. The lowest BCUT2D eigenvalue weighted by molar-refractivity contribution is -0.120. The second-order valence-corrected chi connectivity index (χ2v) is 5.06. The predicted molar refractivity (Wildman–Crippen MR) is 76.1 cm³/mol. The molecule has 0 spiro atoms. The van der Waals surface area contributed by atoms with Gasteiger partial charge in [-0.15, -0.1) is 0 Å². The van der Waals surface area contributed by atoms with Crippen LogP contribution in [0.3, 0.4) is 0 Å². The fourth-order valence-corrected chi connectivity index (χ4v) is 2.41. The van der Waals surface area contributed by atoms with Gasteiger partial charge < -0.3 is 15.7 Å². The van der Waals surface area contributed by atoms with E-state index in [1.807, 2.05) is 24.3 Å². The van der Waals surface area contributed by atoms with Gasteiger partial charge in [-0.3, -0.25) is 4.79 Å². The summed E-state index contributed by atoms with van der Waals surface area (Å²) in [5.74, 6) is 0.182. The van der Waals surface area contributed by atoms with Crippen LogP contribution in [0.25, 0.3) is 0 Å². The Kier molecular flexibility index (Phi) is 5.36. The Morgan fingerprint density at radius 1 is 1.47 bits per heavy atom. The first kappa shape index (κ1) is 14.0. The largest absolute Gasteiger partial charge is 0.396 e. The van der Waals surface area contributed by atoms with E-state index < -0.39 is 0 Å². The van der Waals surface area contributed by atoms with Crippen LogP contribution in [0, 0.1) is 5.92 Å². The van der Waals surface area contributed by atoms with Gasteiger partial charge in [0.25, 0.3) is 0 Å². The van der Waals surface area contributed by atoms with Crippen molar-refractivity contribution in [3.05, 3.63) is 29.8 Å². The molecule has 1 aromatic rings. The molecule has 1 atom stereocenters. The third-order valence-electron chi connectivity index (χ3n) is 3.49. The van der Waals surface area contributed by atoms with Gasteiger partial charge in [-0.05, 0) is 49.9 Å². The van der Waals surface area contributed by atoms with Crippen molar-refractivity contribution in [3.8, 4) is 0 Å². The Labute approximate surface area is 114 Å². The average molecular weight is 262 g/mol. The third kappa shape index (κ3) is 4.33. The first-order valence-electron chi connectivity index (χ1n) is 7.01. The molecule has 1 aliphatic heterocycles. The van der Waals surface area contributed by atoms with Gasteiger partial charge in [-0.25, -0.2) is 0 Å². The molecule has 1 saturated heterocycles. The van der Waals surface area contributed by atoms with Gasteiger partial charge in [0.15, 0.2) is 0 Å². The summed E-state index contributed by atoms with van der Waals surface area (Å²) < 4.78 is 0. The molecule has 1 fully saturated rings. The SMILES string of the molecule is O=C(Nc1cccc(CCCO)c1)C1CCCNC1. The lowest BCUT2D eigenvalue weighted by Gasteiger charge is -2.22. The number of hydrogen-bond acceptors (Lipinski definition) is 3. The number of anilines is 1. The van der Waals surface area contributed by atoms with E-state index in [2.05, 4.69) is 10.6 Å². The van der Waals surface area contributed by atoms with E-state index in [1.165, 1.54) is 0 Å². The minimum Gasteiger partial charge on any atom is -0.396 e. The van der Waals surface area contributed by atoms with Gasteiger partial charge in [-0.1, -0.05) is 12.1 Å². The first-order valence-corrected chi connectivity index (χ1v) is 7.01. The van der Waals surface area contributed by atoms with Crippen molar-refractivity contribution in [3.63, 3.8) is 0 Å². The number of benzene rings is 1. The minimum atomic E-state index is 0.0786. The number of carbonyl (C=O) groups excluding carboxylic acids is 1. The second-order valence-electron chi connectivity index (χ2n) is 5.06. The number of rotatable bonds is 5. The molecule has 0 saturated carbocycles. The fraction of sp³-hybridized carbons (Fsp3) is 0.533. The molecule has 0 radical (unpaired) electrons. The minimum absolute atomic E-state index is 0.0786. The van der Waals surface area contributed by atoms with Gasteiger partial charge in [0.2, 0.25) is 5.91 Å². The maximum absolute atomic E-state index is 12.1. The summed E-state index contributed by atoms with van der Waals surface area (Å²) in [5, 5.41) is 15.1. The van der Waals surface area contributed by atoms with Gasteiger partial charge in [0.05, 0.1) is 5.92 Å². The number of hydrogen-bond donors (Lipinski definition) is 3. The van der Waals surface area contributed by atoms with Crippen LogP contribution in [0.15, 0.2) is 24.3 Å². The average Bonchev–Trinajstić information content (AvgIpc) is 2.46. The molecule has 0 bridgehead atoms. The summed E-state index contributed by atoms with van der Waals surface area (Å²) in [6.07, 6.45) is 3.62. The van der Waals surface area contributed by atoms with Gasteiger partial charge in [0, 0.05) is 18.8 Å². The summed E-state index contributed by atoms with van der Waals surface area (Å²) >= 11 is 0. The molecule has 0 aliphatic carbocycles. The van der Waals surface area contributed by atoms with Gasteiger partial charge in [0.1, 0.15) is 0 Å². The third-order valence-corrected chi connectivity index (χ3v) is 3.49. The van der Waals surface area contributed by atoms with E-state index >= 15 is 0 Å². The maximum Gasteiger partial charge on any atom is 0.228 e. The molecule has 4 heteroatoms. The number of amides is 1. The highest BCUT2D eigenvalue weighted by atomic mass is 16.2. The Balaban J connectivity index is 1.92. The monoisotopic (exact) mass is 262 g/mol. The van der Waals surface area contributed by atoms with Crippen molar-refractivity contribution < 1.29 is 9.90 Å². The van der Waals surface area contributed by atoms with Crippen molar-refractivity contribution in [2.75, 3.05) is 25.0 Å². The van der Waals surface area contributed by atoms with E-state index in [1.54, 1.807) is 0 Å². The lowest BCUT2D eigenvalue weighted by atomic mass is 9.98. The van der Waals surface area contributed by atoms with E-state index in [-0.39, 0.29) is 18.4 Å². The normalized spacial score (nSPS) is 19.1. The van der Waals surface area contributed by atoms with Crippen LogP contribution >= 0.6 is 0 Å². The van der Waals surface area contributed by atoms with Crippen LogP contribution in [-0.4, -0.2) is 30.7 Å². The second kappa shape index (κ2) is 7.26. The Hall–Kier alpha value is -1.39. The van der Waals surface area contributed by atoms with E-state index in [9.17, 15) is 4.79 Å². The zero-order chi connectivity index (χ0) is 13.5. The van der Waals surface area contributed by atoms with Crippen LogP contribution < -0.4 is 10.6 Å². The Bertz CT molecular complexity index is 414. The molecular formula is C15H22N2O2. The smallest absolute Gasteiger partial charge is 0.228 e. The molecule has 19 heavy (non-hydrogen) atoms. The van der Waals surface area contributed by atoms with E-state index in [0.29, 0.717) is 0 Å². The molecule has 1 amide bonds. The number of aliphatic hydroxyl groups is 1. The molecule has 104 valence electrons. The van der Waals surface area contributed by atoms with Crippen LogP contribution in [0.4, 0.5) is 5.69 Å². The summed E-state index contributed by atoms with van der Waals surface area (Å²) in [6.45, 7) is 1.99. The molecule has 2 rings (SSSR count). The highest BCUT2D eigenvalue weighted by molar-refractivity contribution is 5.92. The summed E-state index contributed by atoms with van der Waals surface area (Å²) in [5.41, 5.74) is 2.00. The predicted octanol–water partition coefficient (Wildman–Crippen LogP) is 1.55. The van der Waals surface area contributed by atoms with Crippen molar-refractivity contribution in [2.45, 2.75) is 25.7 Å². The van der Waals surface area contributed by atoms with Crippen molar-refractivity contribution in [1.29, 1.82) is 0 Å². The zero-order valence-corrected chi connectivity index (χ0v) is 11.2. The quantitative estimate of drug-likeness (QED) is 0.754. The highest BCUT2D eigenvalue weighted by Crippen LogP contribution is 2.16. The number of carbonyl (C=O) groups is 1. The van der Waals surface area contributed by atoms with Crippen molar-refractivity contribution in [2.24, 2.45) is 5.92 Å². The molecule has 1 aromatic carbocycles. The van der Waals surface area contributed by atoms with Crippen molar-refractivity contribution in [1.82, 2.24) is 5.32 Å². The molecule has 4 nitrogen and oxygen atoms in total. The molecule has 1 unspecified atom stereocenters. The molecular weight excluding hydrogens is 240 g/mol. The highest BCUT2D eigenvalue weighted by Gasteiger charge is 2.20. The number of aryl methyl sites for hydroxylation is 1. The van der Waals surface area contributed by atoms with Crippen LogP contribution in [-0.2, 0) is 11.2 Å². The van der Waals surface area contributed by atoms with Gasteiger partial charge >= 0.3 is 0 Å². The fourth-order valence-electron chi connectivity index (χ4n) is 2.41. The van der Waals surface area contributed by atoms with E-state index in [4.69, 9.17) is 5.11 Å². The summed E-state index contributed by atoms with van der Waals surface area (Å²) in [7, 11) is 0. The number of nitrogens with one attached hydrogen (secondary N) is 2. The summed E-state index contributed by atoms with van der Waals surface area (Å²) in [6, 6.07) is 7.87. The van der Waals surface area contributed by atoms with Crippen LogP contribution in [0.5, 0.6) is 0 Å². The number of piperidine rings is 1. The molecule has 3 N–H and O–H groups in total. The summed E-state index contributed by atoms with van der Waals surface area (Å²) in [4.78, 5) is 12.1. The maximum atomic E-state index is 12.1.